The van der Waals surface area contributed by atoms with Crippen LogP contribution in [0.25, 0.3) is 0 Å². The summed E-state index contributed by atoms with van der Waals surface area (Å²) < 4.78 is 27.3. The lowest BCUT2D eigenvalue weighted by Gasteiger charge is -2.21. The normalized spacial score (nSPS) is 13.3. The quantitative estimate of drug-likeness (QED) is 0.0275. The SMILES string of the molecule is CCCCCC=CCC=CCCCCCCCC(=O)OC[C@H](COC(OC)OCC)OC(=O)CCCCCCCC=CCC=CCCCCC. The molecule has 0 spiro atoms. The van der Waals surface area contributed by atoms with Crippen LogP contribution < -0.4 is 0 Å². The van der Waals surface area contributed by atoms with E-state index in [4.69, 9.17) is 23.7 Å². The van der Waals surface area contributed by atoms with Crippen molar-refractivity contribution in [2.24, 2.45) is 0 Å². The molecule has 0 aliphatic rings. The van der Waals surface area contributed by atoms with Gasteiger partial charge in [0.15, 0.2) is 6.10 Å². The van der Waals surface area contributed by atoms with Crippen LogP contribution in [0, 0.1) is 0 Å². The van der Waals surface area contributed by atoms with Gasteiger partial charge in [-0.1, -0.05) is 127 Å². The molecular formula is C43H76O7. The maximum atomic E-state index is 12.6. The van der Waals surface area contributed by atoms with Crippen LogP contribution in [0.1, 0.15) is 175 Å². The molecule has 7 heteroatoms. The molecule has 0 aliphatic carbocycles. The van der Waals surface area contributed by atoms with Crippen LogP contribution in [-0.2, 0) is 33.3 Å². The molecule has 0 radical (unpaired) electrons. The zero-order valence-corrected chi connectivity index (χ0v) is 32.7. The number of methoxy groups -OCH3 is 1. The zero-order valence-electron chi connectivity index (χ0n) is 32.7. The van der Waals surface area contributed by atoms with Gasteiger partial charge in [0.05, 0.1) is 6.61 Å². The van der Waals surface area contributed by atoms with Crippen molar-refractivity contribution < 1.29 is 33.3 Å². The molecule has 0 aromatic rings. The molecule has 0 fully saturated rings. The van der Waals surface area contributed by atoms with Crippen molar-refractivity contribution in [3.05, 3.63) is 48.6 Å². The van der Waals surface area contributed by atoms with E-state index in [9.17, 15) is 9.59 Å². The van der Waals surface area contributed by atoms with Crippen molar-refractivity contribution in [3.63, 3.8) is 0 Å². The van der Waals surface area contributed by atoms with E-state index in [2.05, 4.69) is 62.5 Å². The molecule has 0 aliphatic heterocycles. The Morgan fingerprint density at radius 1 is 0.500 bits per heavy atom. The number of ether oxygens (including phenoxy) is 5. The summed E-state index contributed by atoms with van der Waals surface area (Å²) in [5, 5.41) is 0. The largest absolute Gasteiger partial charge is 0.462 e. The highest BCUT2D eigenvalue weighted by Gasteiger charge is 2.20. The Morgan fingerprint density at radius 3 is 1.40 bits per heavy atom. The number of unbranched alkanes of at least 4 members (excludes halogenated alkanes) is 16. The fourth-order valence-electron chi connectivity index (χ4n) is 5.29. The third-order valence-corrected chi connectivity index (χ3v) is 8.30. The molecule has 7 nitrogen and oxygen atoms in total. The first kappa shape index (κ1) is 47.8. The first-order valence-electron chi connectivity index (χ1n) is 20.3. The van der Waals surface area contributed by atoms with E-state index in [1.165, 1.54) is 71.3 Å². The molecule has 1 unspecified atom stereocenters. The Kier molecular flexibility index (Phi) is 37.8. The van der Waals surface area contributed by atoms with Crippen molar-refractivity contribution >= 4 is 11.9 Å². The Morgan fingerprint density at radius 2 is 0.940 bits per heavy atom. The highest BCUT2D eigenvalue weighted by Crippen LogP contribution is 2.12. The summed E-state index contributed by atoms with van der Waals surface area (Å²) >= 11 is 0. The standard InChI is InChI=1S/C43H76O7/c1-5-8-10-12-14-16-18-20-22-24-26-28-30-32-34-36-41(44)48-38-40(39-49-43(46-4)47-7-3)50-42(45)37-35-33-31-29-27-25-23-21-19-17-15-13-11-9-6-2/h14-17,20-23,40,43H,5-13,18-19,24-39H2,1-4H3/t40-,43?/m1/s1. The van der Waals surface area contributed by atoms with Crippen LogP contribution in [0.2, 0.25) is 0 Å². The molecule has 0 N–H and O–H groups in total. The molecule has 0 bridgehead atoms. The van der Waals surface area contributed by atoms with Crippen LogP contribution in [0.3, 0.4) is 0 Å². The van der Waals surface area contributed by atoms with E-state index in [0.29, 0.717) is 19.4 Å². The second kappa shape index (κ2) is 39.6. The van der Waals surface area contributed by atoms with Gasteiger partial charge >= 0.3 is 11.9 Å². The van der Waals surface area contributed by atoms with Crippen molar-refractivity contribution in [1.29, 1.82) is 0 Å². The molecule has 2 atom stereocenters. The van der Waals surface area contributed by atoms with Gasteiger partial charge in [0.1, 0.15) is 6.61 Å². The number of hydrogen-bond donors (Lipinski definition) is 0. The van der Waals surface area contributed by atoms with Gasteiger partial charge in [-0.15, -0.1) is 0 Å². The lowest BCUT2D eigenvalue weighted by Crippen LogP contribution is -2.33. The van der Waals surface area contributed by atoms with E-state index < -0.39 is 12.6 Å². The van der Waals surface area contributed by atoms with Crippen LogP contribution >= 0.6 is 0 Å². The zero-order chi connectivity index (χ0) is 36.6. The molecule has 50 heavy (non-hydrogen) atoms. The average Bonchev–Trinajstić information content (AvgIpc) is 3.12. The molecule has 290 valence electrons. The molecule has 0 aromatic carbocycles. The van der Waals surface area contributed by atoms with Crippen molar-refractivity contribution in [2.75, 3.05) is 26.9 Å². The van der Waals surface area contributed by atoms with Crippen LogP contribution in [0.15, 0.2) is 48.6 Å². The van der Waals surface area contributed by atoms with Gasteiger partial charge < -0.3 is 23.7 Å². The number of esters is 2. The van der Waals surface area contributed by atoms with Gasteiger partial charge in [-0.3, -0.25) is 9.59 Å². The summed E-state index contributed by atoms with van der Waals surface area (Å²) in [5.74, 6) is -0.585. The number of hydrogen-bond acceptors (Lipinski definition) is 7. The summed E-state index contributed by atoms with van der Waals surface area (Å²) in [5.41, 5.74) is 0. The summed E-state index contributed by atoms with van der Waals surface area (Å²) in [6.07, 6.45) is 43.0. The second-order valence-corrected chi connectivity index (χ2v) is 13.1. The third-order valence-electron chi connectivity index (χ3n) is 8.30. The molecule has 0 rings (SSSR count). The topological polar surface area (TPSA) is 80.3 Å². The number of rotatable bonds is 37. The smallest absolute Gasteiger partial charge is 0.306 e. The molecule has 0 amide bonds. The Hall–Kier alpha value is -2.22. The van der Waals surface area contributed by atoms with E-state index in [1.807, 2.05) is 6.92 Å². The number of carbonyl (C=O) groups excluding carboxylic acids is 2. The minimum Gasteiger partial charge on any atom is -0.462 e. The summed E-state index contributed by atoms with van der Waals surface area (Å²) in [7, 11) is 1.48. The van der Waals surface area contributed by atoms with Crippen molar-refractivity contribution in [2.45, 2.75) is 187 Å². The maximum absolute atomic E-state index is 12.6. The van der Waals surface area contributed by atoms with E-state index >= 15 is 0 Å². The van der Waals surface area contributed by atoms with Gasteiger partial charge in [0, 0.05) is 26.6 Å². The average molecular weight is 705 g/mol. The highest BCUT2D eigenvalue weighted by atomic mass is 16.8. The van der Waals surface area contributed by atoms with Crippen molar-refractivity contribution in [3.8, 4) is 0 Å². The lowest BCUT2D eigenvalue weighted by molar-refractivity contribution is -0.283. The Balaban J connectivity index is 4.17. The van der Waals surface area contributed by atoms with Gasteiger partial charge in [-0.05, 0) is 84.0 Å². The van der Waals surface area contributed by atoms with Gasteiger partial charge in [-0.2, -0.15) is 0 Å². The first-order valence-corrected chi connectivity index (χ1v) is 20.3. The Bertz CT molecular complexity index is 863. The van der Waals surface area contributed by atoms with Gasteiger partial charge in [0.2, 0.25) is 0 Å². The third kappa shape index (κ3) is 35.6. The minimum atomic E-state index is -0.869. The predicted molar refractivity (Wildman–Crippen MR) is 208 cm³/mol. The number of carbonyl (C=O) groups is 2. The first-order chi connectivity index (χ1) is 24.6. The second-order valence-electron chi connectivity index (χ2n) is 13.1. The number of allylic oxidation sites excluding steroid dienone is 8. The summed E-state index contributed by atoms with van der Waals surface area (Å²) in [6.45, 7) is 5.83. The summed E-state index contributed by atoms with van der Waals surface area (Å²) in [4.78, 5) is 25.0. The van der Waals surface area contributed by atoms with Crippen LogP contribution in [0.4, 0.5) is 0 Å². The molecule has 0 aromatic heterocycles. The molecule has 0 heterocycles. The monoisotopic (exact) mass is 705 g/mol. The molecule has 0 saturated carbocycles. The van der Waals surface area contributed by atoms with Crippen LogP contribution in [0.5, 0.6) is 0 Å². The van der Waals surface area contributed by atoms with E-state index in [-0.39, 0.29) is 25.2 Å². The molecule has 0 saturated heterocycles. The fraction of sp³-hybridized carbons (Fsp3) is 0.767. The minimum absolute atomic E-state index is 0.0172. The van der Waals surface area contributed by atoms with Crippen molar-refractivity contribution in [1.82, 2.24) is 0 Å². The maximum Gasteiger partial charge on any atom is 0.306 e. The summed E-state index contributed by atoms with van der Waals surface area (Å²) in [6, 6.07) is 0. The van der Waals surface area contributed by atoms with Gasteiger partial charge in [0.25, 0.3) is 6.48 Å². The van der Waals surface area contributed by atoms with E-state index in [0.717, 1.165) is 77.0 Å². The molecular weight excluding hydrogens is 628 g/mol. The van der Waals surface area contributed by atoms with Crippen LogP contribution in [-0.4, -0.2) is 51.4 Å². The lowest BCUT2D eigenvalue weighted by atomic mass is 10.1. The predicted octanol–water partition coefficient (Wildman–Crippen LogP) is 12.1. The van der Waals surface area contributed by atoms with Gasteiger partial charge in [-0.25, -0.2) is 0 Å². The highest BCUT2D eigenvalue weighted by molar-refractivity contribution is 5.70. The fourth-order valence-corrected chi connectivity index (χ4v) is 5.29. The Labute approximate surface area is 307 Å². The van der Waals surface area contributed by atoms with E-state index in [1.54, 1.807) is 0 Å².